The third-order valence-corrected chi connectivity index (χ3v) is 6.36. The van der Waals surface area contributed by atoms with Gasteiger partial charge in [-0.25, -0.2) is 4.98 Å². The first kappa shape index (κ1) is 20.8. The summed E-state index contributed by atoms with van der Waals surface area (Å²) in [6, 6.07) is 8.31. The summed E-state index contributed by atoms with van der Waals surface area (Å²) in [5.74, 6) is 1.33. The van der Waals surface area contributed by atoms with Gasteiger partial charge in [0.05, 0.1) is 22.0 Å². The number of likely N-dealkylation sites (tertiary alicyclic amines) is 1. The summed E-state index contributed by atoms with van der Waals surface area (Å²) in [5, 5.41) is 0. The Morgan fingerprint density at radius 1 is 1.36 bits per heavy atom. The molecule has 1 saturated heterocycles. The molecule has 0 N–H and O–H groups in total. The van der Waals surface area contributed by atoms with E-state index in [1.807, 2.05) is 29.5 Å². The average Bonchev–Trinajstić information content (AvgIpc) is 3.12. The summed E-state index contributed by atoms with van der Waals surface area (Å²) in [6.07, 6.45) is 2.09. The van der Waals surface area contributed by atoms with Gasteiger partial charge in [0.1, 0.15) is 12.4 Å². The van der Waals surface area contributed by atoms with Gasteiger partial charge in [-0.05, 0) is 57.9 Å². The number of rotatable bonds is 8. The first-order valence-electron chi connectivity index (χ1n) is 10.2. The van der Waals surface area contributed by atoms with Gasteiger partial charge in [-0.15, -0.1) is 11.3 Å². The Bertz CT molecular complexity index is 773. The number of benzene rings is 1. The van der Waals surface area contributed by atoms with Crippen molar-refractivity contribution >= 4 is 17.2 Å². The van der Waals surface area contributed by atoms with Gasteiger partial charge in [-0.1, -0.05) is 12.1 Å². The summed E-state index contributed by atoms with van der Waals surface area (Å²) < 4.78 is 5.97. The Morgan fingerprint density at radius 2 is 2.18 bits per heavy atom. The van der Waals surface area contributed by atoms with Crippen LogP contribution in [-0.2, 0) is 17.9 Å². The molecule has 28 heavy (non-hydrogen) atoms. The number of aryl methyl sites for hydroxylation is 1. The normalized spacial score (nSPS) is 17.5. The van der Waals surface area contributed by atoms with Gasteiger partial charge in [0, 0.05) is 26.2 Å². The zero-order valence-electron chi connectivity index (χ0n) is 17.2. The summed E-state index contributed by atoms with van der Waals surface area (Å²) in [7, 11) is 0. The van der Waals surface area contributed by atoms with Gasteiger partial charge in [0.15, 0.2) is 0 Å². The van der Waals surface area contributed by atoms with E-state index in [9.17, 15) is 4.79 Å². The van der Waals surface area contributed by atoms with Crippen molar-refractivity contribution in [3.05, 3.63) is 45.9 Å². The van der Waals surface area contributed by atoms with Gasteiger partial charge in [0.2, 0.25) is 5.91 Å². The van der Waals surface area contributed by atoms with Crippen LogP contribution in [0.2, 0.25) is 0 Å². The fourth-order valence-electron chi connectivity index (χ4n) is 3.80. The highest BCUT2D eigenvalue weighted by Crippen LogP contribution is 2.23. The number of amides is 1. The molecule has 6 heteroatoms. The highest BCUT2D eigenvalue weighted by molar-refractivity contribution is 7.09. The van der Waals surface area contributed by atoms with Gasteiger partial charge < -0.3 is 9.64 Å². The van der Waals surface area contributed by atoms with Crippen LogP contribution >= 0.6 is 11.3 Å². The van der Waals surface area contributed by atoms with Crippen molar-refractivity contribution in [1.82, 2.24) is 14.8 Å². The number of thiazole rings is 1. The second-order valence-electron chi connectivity index (χ2n) is 7.38. The molecule has 1 unspecified atom stereocenters. The molecule has 1 aliphatic rings. The second-order valence-corrected chi connectivity index (χ2v) is 8.32. The number of aromatic nitrogens is 1. The number of carbonyl (C=O) groups is 1. The lowest BCUT2D eigenvalue weighted by atomic mass is 9.96. The van der Waals surface area contributed by atoms with Crippen LogP contribution in [0.4, 0.5) is 0 Å². The lowest BCUT2D eigenvalue weighted by Gasteiger charge is -2.34. The Balaban J connectivity index is 1.57. The minimum atomic E-state index is 0.127. The minimum Gasteiger partial charge on any atom is -0.488 e. The first-order chi connectivity index (χ1) is 13.6. The fourth-order valence-corrected chi connectivity index (χ4v) is 4.49. The number of ether oxygens (including phenoxy) is 1. The zero-order chi connectivity index (χ0) is 19.9. The third kappa shape index (κ3) is 5.32. The Hall–Kier alpha value is -1.92. The molecule has 1 fully saturated rings. The molecule has 1 aromatic carbocycles. The quantitative estimate of drug-likeness (QED) is 0.668. The molecule has 1 amide bonds. The van der Waals surface area contributed by atoms with Crippen LogP contribution in [0.15, 0.2) is 29.8 Å². The van der Waals surface area contributed by atoms with Crippen LogP contribution in [-0.4, -0.2) is 46.9 Å². The van der Waals surface area contributed by atoms with E-state index < -0.39 is 0 Å². The van der Waals surface area contributed by atoms with E-state index in [0.717, 1.165) is 57.0 Å². The lowest BCUT2D eigenvalue weighted by Crippen LogP contribution is -2.44. The number of carbonyl (C=O) groups excluding carboxylic acids is 1. The Labute approximate surface area is 172 Å². The Kier molecular flexibility index (Phi) is 7.45. The molecule has 5 nitrogen and oxygen atoms in total. The van der Waals surface area contributed by atoms with Gasteiger partial charge >= 0.3 is 0 Å². The number of hydrogen-bond donors (Lipinski definition) is 0. The summed E-state index contributed by atoms with van der Waals surface area (Å²) >= 11 is 1.63. The van der Waals surface area contributed by atoms with E-state index in [4.69, 9.17) is 4.74 Å². The monoisotopic (exact) mass is 401 g/mol. The van der Waals surface area contributed by atoms with Gasteiger partial charge in [0.25, 0.3) is 0 Å². The van der Waals surface area contributed by atoms with Crippen molar-refractivity contribution in [2.45, 2.75) is 46.8 Å². The molecular formula is C22H31N3O2S. The van der Waals surface area contributed by atoms with Crippen LogP contribution < -0.4 is 4.74 Å². The molecule has 0 radical (unpaired) electrons. The first-order valence-corrected chi connectivity index (χ1v) is 11.1. The van der Waals surface area contributed by atoms with E-state index in [1.165, 1.54) is 10.4 Å². The van der Waals surface area contributed by atoms with Crippen LogP contribution in [0.3, 0.4) is 0 Å². The molecule has 1 atom stereocenters. The predicted octanol–water partition coefficient (Wildman–Crippen LogP) is 4.11. The maximum atomic E-state index is 12.7. The second kappa shape index (κ2) is 10.0. The summed E-state index contributed by atoms with van der Waals surface area (Å²) in [5.41, 5.74) is 4.13. The third-order valence-electron chi connectivity index (χ3n) is 5.45. The molecule has 0 saturated carbocycles. The topological polar surface area (TPSA) is 45.7 Å². The van der Waals surface area contributed by atoms with E-state index in [1.54, 1.807) is 11.3 Å². The minimum absolute atomic E-state index is 0.127. The van der Waals surface area contributed by atoms with E-state index in [2.05, 4.69) is 35.9 Å². The van der Waals surface area contributed by atoms with E-state index in [-0.39, 0.29) is 5.92 Å². The molecule has 0 spiro atoms. The van der Waals surface area contributed by atoms with E-state index in [0.29, 0.717) is 12.5 Å². The van der Waals surface area contributed by atoms with Gasteiger partial charge in [-0.3, -0.25) is 9.69 Å². The van der Waals surface area contributed by atoms with Crippen LogP contribution in [0.25, 0.3) is 0 Å². The van der Waals surface area contributed by atoms with Crippen molar-refractivity contribution in [2.24, 2.45) is 5.92 Å². The number of piperidine rings is 1. The maximum Gasteiger partial charge on any atom is 0.226 e. The summed E-state index contributed by atoms with van der Waals surface area (Å²) in [6.45, 7) is 11.0. The van der Waals surface area contributed by atoms with Crippen LogP contribution in [0.5, 0.6) is 5.75 Å². The molecule has 0 bridgehead atoms. The molecule has 3 rings (SSSR count). The number of hydrogen-bond acceptors (Lipinski definition) is 5. The largest absolute Gasteiger partial charge is 0.488 e. The van der Waals surface area contributed by atoms with Crippen molar-refractivity contribution in [2.75, 3.05) is 26.2 Å². The lowest BCUT2D eigenvalue weighted by molar-refractivity contribution is -0.137. The smallest absolute Gasteiger partial charge is 0.226 e. The maximum absolute atomic E-state index is 12.7. The average molecular weight is 402 g/mol. The predicted molar refractivity (Wildman–Crippen MR) is 114 cm³/mol. The van der Waals surface area contributed by atoms with Crippen molar-refractivity contribution in [3.8, 4) is 5.75 Å². The molecule has 1 aromatic heterocycles. The molecule has 1 aliphatic heterocycles. The molecule has 2 heterocycles. The van der Waals surface area contributed by atoms with Crippen LogP contribution in [0, 0.1) is 12.8 Å². The standard InChI is InChI=1S/C22H31N3O2S/c1-4-25(5-2)22(26)19-9-7-11-24(14-19)13-18-8-6-10-20(12-18)27-15-21-17(3)23-16-28-21/h6,8,10,12,16,19H,4-5,7,9,11,13-15H2,1-3H3. The highest BCUT2D eigenvalue weighted by atomic mass is 32.1. The SMILES string of the molecule is CCN(CC)C(=O)C1CCCN(Cc2cccc(OCc3scnc3C)c2)C1. The number of nitrogens with zero attached hydrogens (tertiary/aromatic N) is 3. The van der Waals surface area contributed by atoms with Crippen molar-refractivity contribution < 1.29 is 9.53 Å². The fraction of sp³-hybridized carbons (Fsp3) is 0.545. The summed E-state index contributed by atoms with van der Waals surface area (Å²) in [4.78, 5) is 22.5. The molecule has 0 aliphatic carbocycles. The highest BCUT2D eigenvalue weighted by Gasteiger charge is 2.28. The van der Waals surface area contributed by atoms with Crippen molar-refractivity contribution in [1.29, 1.82) is 0 Å². The zero-order valence-corrected chi connectivity index (χ0v) is 18.0. The van der Waals surface area contributed by atoms with Gasteiger partial charge in [-0.2, -0.15) is 0 Å². The molecule has 2 aromatic rings. The molecular weight excluding hydrogens is 370 g/mol. The van der Waals surface area contributed by atoms with Crippen molar-refractivity contribution in [3.63, 3.8) is 0 Å². The molecule has 152 valence electrons. The Morgan fingerprint density at radius 3 is 2.89 bits per heavy atom. The van der Waals surface area contributed by atoms with Crippen LogP contribution in [0.1, 0.15) is 42.8 Å². The van der Waals surface area contributed by atoms with E-state index >= 15 is 0 Å².